The summed E-state index contributed by atoms with van der Waals surface area (Å²) in [5.41, 5.74) is 1.54. The van der Waals surface area contributed by atoms with E-state index in [-0.39, 0.29) is 11.8 Å². The molecule has 0 spiro atoms. The van der Waals surface area contributed by atoms with Gasteiger partial charge in [0.25, 0.3) is 0 Å². The molecule has 1 saturated heterocycles. The molecule has 1 atom stereocenters. The van der Waals surface area contributed by atoms with Crippen molar-refractivity contribution in [3.05, 3.63) is 64.7 Å². The van der Waals surface area contributed by atoms with Crippen molar-refractivity contribution in [3.8, 4) is 5.75 Å². The van der Waals surface area contributed by atoms with Crippen molar-refractivity contribution in [3.63, 3.8) is 0 Å². The zero-order valence-electron chi connectivity index (χ0n) is 16.7. The lowest BCUT2D eigenvalue weighted by Gasteiger charge is -2.39. The molecule has 2 aromatic rings. The van der Waals surface area contributed by atoms with Gasteiger partial charge >= 0.3 is 5.97 Å². The molecule has 1 heterocycles. The third-order valence-corrected chi connectivity index (χ3v) is 7.11. The molecule has 1 unspecified atom stereocenters. The molecule has 30 heavy (non-hydrogen) atoms. The number of sulfonamides is 1. The van der Waals surface area contributed by atoms with Crippen LogP contribution < -0.4 is 4.74 Å². The van der Waals surface area contributed by atoms with Gasteiger partial charge in [0.1, 0.15) is 5.75 Å². The first-order valence-corrected chi connectivity index (χ1v) is 11.6. The van der Waals surface area contributed by atoms with Crippen molar-refractivity contribution in [1.82, 2.24) is 9.21 Å². The number of carboxylic acid groups (broad SMARTS) is 1. The quantitative estimate of drug-likeness (QED) is 0.662. The summed E-state index contributed by atoms with van der Waals surface area (Å²) >= 11 is 6.12. The molecule has 0 amide bonds. The second-order valence-electron chi connectivity index (χ2n) is 7.35. The van der Waals surface area contributed by atoms with Gasteiger partial charge in [0, 0.05) is 42.8 Å². The summed E-state index contributed by atoms with van der Waals surface area (Å²) in [5.74, 6) is -0.600. The van der Waals surface area contributed by atoms with Gasteiger partial charge < -0.3 is 9.84 Å². The van der Waals surface area contributed by atoms with E-state index >= 15 is 0 Å². The molecule has 0 saturated carbocycles. The summed E-state index contributed by atoms with van der Waals surface area (Å²) in [7, 11) is -3.40. The molecule has 1 aliphatic heterocycles. The number of rotatable bonds is 8. The summed E-state index contributed by atoms with van der Waals surface area (Å²) in [5, 5.41) is 9.40. The van der Waals surface area contributed by atoms with E-state index in [0.29, 0.717) is 37.0 Å². The van der Waals surface area contributed by atoms with Crippen LogP contribution in [0.2, 0.25) is 5.02 Å². The zero-order chi connectivity index (χ0) is 21.7. The smallest absolute Gasteiger partial charge is 0.341 e. The number of piperazine rings is 1. The first-order chi connectivity index (χ1) is 14.2. The van der Waals surface area contributed by atoms with Crippen LogP contribution in [0, 0.1) is 0 Å². The number of aliphatic carboxylic acids is 1. The number of ether oxygens (including phenoxy) is 1. The van der Waals surface area contributed by atoms with Crippen molar-refractivity contribution >= 4 is 27.6 Å². The predicted octanol–water partition coefficient (Wildman–Crippen LogP) is 2.84. The van der Waals surface area contributed by atoms with E-state index in [4.69, 9.17) is 21.4 Å². The maximum Gasteiger partial charge on any atom is 0.341 e. The van der Waals surface area contributed by atoms with Crippen molar-refractivity contribution in [2.45, 2.75) is 25.3 Å². The molecule has 162 valence electrons. The molecular formula is C21H25ClN2O5S. The Bertz CT molecular complexity index is 984. The third kappa shape index (κ3) is 5.95. The van der Waals surface area contributed by atoms with Crippen LogP contribution in [0.4, 0.5) is 0 Å². The van der Waals surface area contributed by atoms with Crippen LogP contribution in [0.15, 0.2) is 48.5 Å². The van der Waals surface area contributed by atoms with Crippen molar-refractivity contribution in [2.75, 3.05) is 26.2 Å². The first kappa shape index (κ1) is 22.6. The predicted molar refractivity (Wildman–Crippen MR) is 115 cm³/mol. The fraction of sp³-hybridized carbons (Fsp3) is 0.381. The molecule has 3 rings (SSSR count). The molecule has 0 radical (unpaired) electrons. The number of hydrogen-bond acceptors (Lipinski definition) is 5. The Morgan fingerprint density at radius 3 is 2.60 bits per heavy atom. The summed E-state index contributed by atoms with van der Waals surface area (Å²) in [4.78, 5) is 13.0. The van der Waals surface area contributed by atoms with Crippen molar-refractivity contribution < 1.29 is 23.1 Å². The average Bonchev–Trinajstić information content (AvgIpc) is 2.69. The molecule has 0 aromatic heterocycles. The van der Waals surface area contributed by atoms with Gasteiger partial charge in [-0.2, -0.15) is 4.31 Å². The Kier molecular flexibility index (Phi) is 7.36. The van der Waals surface area contributed by atoms with E-state index in [1.807, 2.05) is 37.3 Å². The normalized spacial score (nSPS) is 18.3. The van der Waals surface area contributed by atoms with Crippen LogP contribution >= 0.6 is 11.6 Å². The molecule has 1 N–H and O–H groups in total. The lowest BCUT2D eigenvalue weighted by atomic mass is 10.1. The number of carboxylic acids is 1. The summed E-state index contributed by atoms with van der Waals surface area (Å²) in [6.07, 6.45) is 0. The van der Waals surface area contributed by atoms with Crippen molar-refractivity contribution in [1.29, 1.82) is 0 Å². The van der Waals surface area contributed by atoms with Crippen LogP contribution in [-0.4, -0.2) is 61.0 Å². The number of nitrogens with zero attached hydrogens (tertiary/aromatic N) is 2. The topological polar surface area (TPSA) is 87.2 Å². The monoisotopic (exact) mass is 452 g/mol. The van der Waals surface area contributed by atoms with Gasteiger partial charge in [0.15, 0.2) is 6.61 Å². The minimum absolute atomic E-state index is 0.0119. The second-order valence-corrected chi connectivity index (χ2v) is 9.76. The van der Waals surface area contributed by atoms with Crippen LogP contribution in [0.1, 0.15) is 18.1 Å². The molecular weight excluding hydrogens is 428 g/mol. The number of halogens is 1. The van der Waals surface area contributed by atoms with Gasteiger partial charge in [0.05, 0.1) is 5.75 Å². The third-order valence-electron chi connectivity index (χ3n) is 5.06. The largest absolute Gasteiger partial charge is 0.482 e. The summed E-state index contributed by atoms with van der Waals surface area (Å²) < 4.78 is 32.6. The Morgan fingerprint density at radius 2 is 1.93 bits per heavy atom. The molecule has 7 nitrogen and oxygen atoms in total. The van der Waals surface area contributed by atoms with Crippen LogP contribution in [0.5, 0.6) is 5.75 Å². The highest BCUT2D eigenvalue weighted by Gasteiger charge is 2.31. The van der Waals surface area contributed by atoms with Gasteiger partial charge in [-0.15, -0.1) is 0 Å². The maximum absolute atomic E-state index is 12.8. The first-order valence-electron chi connectivity index (χ1n) is 9.63. The highest BCUT2D eigenvalue weighted by Crippen LogP contribution is 2.26. The van der Waals surface area contributed by atoms with E-state index in [9.17, 15) is 13.2 Å². The van der Waals surface area contributed by atoms with Gasteiger partial charge in [-0.05, 0) is 30.7 Å². The Morgan fingerprint density at radius 1 is 1.20 bits per heavy atom. The van der Waals surface area contributed by atoms with Crippen LogP contribution in [0.25, 0.3) is 0 Å². The fourth-order valence-electron chi connectivity index (χ4n) is 3.50. The van der Waals surface area contributed by atoms with E-state index in [2.05, 4.69) is 4.90 Å². The van der Waals surface area contributed by atoms with Gasteiger partial charge in [0.2, 0.25) is 10.0 Å². The molecule has 1 aliphatic rings. The van der Waals surface area contributed by atoms with Gasteiger partial charge in [-0.25, -0.2) is 13.2 Å². The SMILES string of the molecule is CC1CN(S(=O)(=O)Cc2ccccc2)CCN1Cc1cc(Cl)ccc1OCC(=O)O. The number of hydrogen-bond donors (Lipinski definition) is 1. The maximum atomic E-state index is 12.8. The molecule has 2 aromatic carbocycles. The molecule has 0 bridgehead atoms. The molecule has 9 heteroatoms. The Balaban J connectivity index is 1.66. The van der Waals surface area contributed by atoms with Gasteiger partial charge in [-0.3, -0.25) is 4.90 Å². The minimum atomic E-state index is -3.40. The Hall–Kier alpha value is -2.13. The lowest BCUT2D eigenvalue weighted by Crippen LogP contribution is -2.53. The number of carbonyl (C=O) groups is 1. The lowest BCUT2D eigenvalue weighted by molar-refractivity contribution is -0.139. The molecule has 0 aliphatic carbocycles. The van der Waals surface area contributed by atoms with E-state index < -0.39 is 22.6 Å². The Labute approximate surface area is 181 Å². The van der Waals surface area contributed by atoms with Crippen LogP contribution in [-0.2, 0) is 27.1 Å². The highest BCUT2D eigenvalue weighted by molar-refractivity contribution is 7.88. The fourth-order valence-corrected chi connectivity index (χ4v) is 5.29. The van der Waals surface area contributed by atoms with Crippen LogP contribution in [0.3, 0.4) is 0 Å². The highest BCUT2D eigenvalue weighted by atomic mass is 35.5. The second kappa shape index (κ2) is 9.78. The van der Waals surface area contributed by atoms with E-state index in [0.717, 1.165) is 11.1 Å². The zero-order valence-corrected chi connectivity index (χ0v) is 18.3. The van der Waals surface area contributed by atoms with Gasteiger partial charge in [-0.1, -0.05) is 41.9 Å². The average molecular weight is 453 g/mol. The summed E-state index contributed by atoms with van der Waals surface area (Å²) in [6.45, 7) is 3.37. The summed E-state index contributed by atoms with van der Waals surface area (Å²) in [6, 6.07) is 14.2. The van der Waals surface area contributed by atoms with E-state index in [1.54, 1.807) is 22.5 Å². The number of benzene rings is 2. The molecule has 1 fully saturated rings. The minimum Gasteiger partial charge on any atom is -0.482 e. The standard InChI is InChI=1S/C21H25ClN2O5S/c1-16-12-24(30(27,28)15-17-5-3-2-4-6-17)10-9-23(16)13-18-11-19(22)7-8-20(18)29-14-21(25)26/h2-8,11,16H,9-10,12-15H2,1H3,(H,25,26). The van der Waals surface area contributed by atoms with E-state index in [1.165, 1.54) is 0 Å². The van der Waals surface area contributed by atoms with Crippen molar-refractivity contribution in [2.24, 2.45) is 0 Å².